The molecule has 0 unspecified atom stereocenters. The van der Waals surface area contributed by atoms with Crippen LogP contribution in [0, 0.1) is 0 Å². The number of carboxylic acid groups (broad SMARTS) is 1. The van der Waals surface area contributed by atoms with Crippen molar-refractivity contribution in [3.05, 3.63) is 30.0 Å². The first kappa shape index (κ1) is 20.4. The average molecular weight is 456 g/mol. The summed E-state index contributed by atoms with van der Waals surface area (Å²) in [5.41, 5.74) is 0.00441. The molecule has 2 aromatic heterocycles. The van der Waals surface area contributed by atoms with E-state index in [0.717, 1.165) is 9.93 Å². The third-order valence-electron chi connectivity index (χ3n) is 5.68. The smallest absolute Gasteiger partial charge is 0.327 e. The number of carbonyl (C=O) groups is 2. The molecular weight excluding hydrogens is 436 g/mol. The van der Waals surface area contributed by atoms with Gasteiger partial charge in [0.15, 0.2) is 17.5 Å². The van der Waals surface area contributed by atoms with Crippen LogP contribution in [-0.4, -0.2) is 67.9 Å². The van der Waals surface area contributed by atoms with Crippen LogP contribution in [0.2, 0.25) is 0 Å². The van der Waals surface area contributed by atoms with Crippen LogP contribution >= 0.6 is 11.3 Å². The number of thiazole rings is 1. The summed E-state index contributed by atoms with van der Waals surface area (Å²) in [6.45, 7) is 1.04. The number of aliphatic carboxylic acids is 1. The van der Waals surface area contributed by atoms with Gasteiger partial charge in [-0.1, -0.05) is 17.4 Å². The summed E-state index contributed by atoms with van der Waals surface area (Å²) in [4.78, 5) is 32.0. The lowest BCUT2D eigenvalue weighted by molar-refractivity contribution is -0.138. The number of ketones is 1. The van der Waals surface area contributed by atoms with Gasteiger partial charge >= 0.3 is 5.97 Å². The van der Waals surface area contributed by atoms with Crippen molar-refractivity contribution in [2.45, 2.75) is 31.4 Å². The van der Waals surface area contributed by atoms with Crippen molar-refractivity contribution in [3.63, 3.8) is 0 Å². The molecule has 0 radical (unpaired) electrons. The van der Waals surface area contributed by atoms with E-state index in [-0.39, 0.29) is 12.3 Å². The van der Waals surface area contributed by atoms with Crippen LogP contribution < -0.4 is 14.4 Å². The Kier molecular flexibility index (Phi) is 5.00. The number of anilines is 1. The Morgan fingerprint density at radius 3 is 2.91 bits per heavy atom. The molecule has 32 heavy (non-hydrogen) atoms. The van der Waals surface area contributed by atoms with Crippen molar-refractivity contribution in [3.8, 4) is 22.2 Å². The summed E-state index contributed by atoms with van der Waals surface area (Å²) in [5, 5.41) is 21.4. The van der Waals surface area contributed by atoms with Gasteiger partial charge < -0.3 is 19.5 Å². The number of rotatable bonds is 5. The summed E-state index contributed by atoms with van der Waals surface area (Å²) >= 11 is 1.42. The van der Waals surface area contributed by atoms with Gasteiger partial charge in [0.25, 0.3) is 0 Å². The highest BCUT2D eigenvalue weighted by atomic mass is 32.1. The average Bonchev–Trinajstić information content (AvgIpc) is 3.43. The molecule has 0 bridgehead atoms. The van der Waals surface area contributed by atoms with Crippen LogP contribution in [-0.2, 0) is 11.3 Å². The zero-order chi connectivity index (χ0) is 22.3. The number of carboxylic acids is 1. The molecule has 0 amide bonds. The summed E-state index contributed by atoms with van der Waals surface area (Å²) in [7, 11) is 1.55. The van der Waals surface area contributed by atoms with Crippen LogP contribution in [0.5, 0.6) is 11.5 Å². The number of ether oxygens (including phenoxy) is 2. The Hall–Kier alpha value is -3.54. The normalized spacial score (nSPS) is 17.2. The number of piperidine rings is 1. The molecule has 1 saturated heterocycles. The molecule has 3 aromatic rings. The van der Waals surface area contributed by atoms with E-state index in [1.54, 1.807) is 19.4 Å². The fourth-order valence-electron chi connectivity index (χ4n) is 4.12. The number of tetrazole rings is 1. The molecule has 2 aliphatic heterocycles. The van der Waals surface area contributed by atoms with Crippen molar-refractivity contribution < 1.29 is 24.2 Å². The van der Waals surface area contributed by atoms with Crippen LogP contribution in [0.4, 0.5) is 5.13 Å². The number of aromatic nitrogens is 5. The standard InChI is InChI=1S/C20H20N6O5S/c1-30-13-3-2-4-14-17(13)12(27)9-20(31-14)5-7-25(8-6-20)19-21-10-15(32-19)18-22-24-26(23-18)11-16(28)29/h2-4,10H,5-9,11H2,1H3,(H,28,29). The molecule has 1 fully saturated rings. The van der Waals surface area contributed by atoms with Gasteiger partial charge in [-0.05, 0) is 17.3 Å². The number of hydrogen-bond donors (Lipinski definition) is 1. The first-order valence-corrected chi connectivity index (χ1v) is 10.9. The van der Waals surface area contributed by atoms with Crippen molar-refractivity contribution in [1.29, 1.82) is 0 Å². The predicted molar refractivity (Wildman–Crippen MR) is 113 cm³/mol. The van der Waals surface area contributed by atoms with Crippen molar-refractivity contribution >= 4 is 28.2 Å². The lowest BCUT2D eigenvalue weighted by Crippen LogP contribution is -2.51. The van der Waals surface area contributed by atoms with Crippen molar-refractivity contribution in [2.75, 3.05) is 25.1 Å². The lowest BCUT2D eigenvalue weighted by atomic mass is 9.82. The molecule has 1 aromatic carbocycles. The second-order valence-electron chi connectivity index (χ2n) is 7.75. The molecular formula is C20H20N6O5S. The molecule has 1 spiro atoms. The Labute approximate surface area is 186 Å². The Bertz CT molecular complexity index is 1180. The van der Waals surface area contributed by atoms with Crippen LogP contribution in [0.3, 0.4) is 0 Å². The third-order valence-corrected chi connectivity index (χ3v) is 6.74. The van der Waals surface area contributed by atoms with Gasteiger partial charge in [-0.3, -0.25) is 9.59 Å². The van der Waals surface area contributed by atoms with E-state index in [1.807, 2.05) is 12.1 Å². The minimum Gasteiger partial charge on any atom is -0.496 e. The summed E-state index contributed by atoms with van der Waals surface area (Å²) in [5.74, 6) is 0.482. The highest BCUT2D eigenvalue weighted by Gasteiger charge is 2.44. The lowest BCUT2D eigenvalue weighted by Gasteiger charge is -2.44. The highest BCUT2D eigenvalue weighted by molar-refractivity contribution is 7.18. The van der Waals surface area contributed by atoms with E-state index in [9.17, 15) is 9.59 Å². The van der Waals surface area contributed by atoms with Crippen molar-refractivity contribution in [1.82, 2.24) is 25.2 Å². The zero-order valence-corrected chi connectivity index (χ0v) is 18.0. The number of fused-ring (bicyclic) bond motifs is 1. The predicted octanol–water partition coefficient (Wildman–Crippen LogP) is 1.89. The monoisotopic (exact) mass is 456 g/mol. The second-order valence-corrected chi connectivity index (χ2v) is 8.76. The van der Waals surface area contributed by atoms with E-state index in [1.165, 1.54) is 11.3 Å². The van der Waals surface area contributed by atoms with Gasteiger partial charge in [-0.2, -0.15) is 4.80 Å². The number of hydrogen-bond acceptors (Lipinski definition) is 10. The molecule has 4 heterocycles. The van der Waals surface area contributed by atoms with E-state index in [2.05, 4.69) is 25.3 Å². The largest absolute Gasteiger partial charge is 0.496 e. The Morgan fingerprint density at radius 1 is 1.34 bits per heavy atom. The minimum absolute atomic E-state index is 0.0456. The highest BCUT2D eigenvalue weighted by Crippen LogP contribution is 2.43. The van der Waals surface area contributed by atoms with Crippen LogP contribution in [0.1, 0.15) is 29.6 Å². The third kappa shape index (κ3) is 3.66. The fraction of sp³-hybridized carbons (Fsp3) is 0.400. The van der Waals surface area contributed by atoms with Gasteiger partial charge in [-0.25, -0.2) is 4.98 Å². The SMILES string of the molecule is COc1cccc2c1C(=O)CC1(CCN(c3ncc(-c4nnn(CC(=O)O)n4)s3)CC1)O2. The first-order valence-electron chi connectivity index (χ1n) is 10.1. The maximum absolute atomic E-state index is 12.9. The van der Waals surface area contributed by atoms with Crippen LogP contribution in [0.15, 0.2) is 24.4 Å². The zero-order valence-electron chi connectivity index (χ0n) is 17.2. The number of Topliss-reactive ketones (excluding diaryl/α,β-unsaturated/α-hetero) is 1. The molecule has 2 aliphatic rings. The minimum atomic E-state index is -1.04. The van der Waals surface area contributed by atoms with E-state index in [0.29, 0.717) is 60.1 Å². The van der Waals surface area contributed by atoms with E-state index in [4.69, 9.17) is 14.6 Å². The molecule has 5 rings (SSSR count). The molecule has 12 heteroatoms. The molecule has 166 valence electrons. The van der Waals surface area contributed by atoms with Gasteiger partial charge in [0.1, 0.15) is 22.7 Å². The molecule has 0 saturated carbocycles. The van der Waals surface area contributed by atoms with E-state index < -0.39 is 11.6 Å². The molecule has 0 aliphatic carbocycles. The number of benzene rings is 1. The topological polar surface area (TPSA) is 133 Å². The number of carbonyl (C=O) groups excluding carboxylic acids is 1. The summed E-state index contributed by atoms with van der Waals surface area (Å²) in [6, 6.07) is 5.42. The first-order chi connectivity index (χ1) is 15.5. The molecule has 0 atom stereocenters. The van der Waals surface area contributed by atoms with Crippen LogP contribution in [0.25, 0.3) is 10.7 Å². The molecule has 1 N–H and O–H groups in total. The van der Waals surface area contributed by atoms with Gasteiger partial charge in [0.2, 0.25) is 5.82 Å². The summed E-state index contributed by atoms with van der Waals surface area (Å²) < 4.78 is 11.7. The van der Waals surface area contributed by atoms with Gasteiger partial charge in [0.05, 0.1) is 24.6 Å². The number of methoxy groups -OCH3 is 1. The van der Waals surface area contributed by atoms with Gasteiger partial charge in [-0.15, -0.1) is 10.2 Å². The fourth-order valence-corrected chi connectivity index (χ4v) is 5.01. The van der Waals surface area contributed by atoms with E-state index >= 15 is 0 Å². The summed E-state index contributed by atoms with van der Waals surface area (Å²) in [6.07, 6.45) is 3.37. The second kappa shape index (κ2) is 7.86. The molecule has 11 nitrogen and oxygen atoms in total. The van der Waals surface area contributed by atoms with Gasteiger partial charge in [0, 0.05) is 25.9 Å². The number of nitrogens with zero attached hydrogens (tertiary/aromatic N) is 6. The maximum Gasteiger partial charge on any atom is 0.327 e. The van der Waals surface area contributed by atoms with Crippen molar-refractivity contribution in [2.24, 2.45) is 0 Å². The Morgan fingerprint density at radius 2 is 2.16 bits per heavy atom. The quantitative estimate of drug-likeness (QED) is 0.607. The maximum atomic E-state index is 12.9. The Balaban J connectivity index is 1.28.